The molecule has 174 valence electrons. The lowest BCUT2D eigenvalue weighted by atomic mass is 9.95. The molecule has 3 aromatic rings. The maximum absolute atomic E-state index is 13.7. The number of nitrogens with zero attached hydrogens (tertiary/aromatic N) is 6. The summed E-state index contributed by atoms with van der Waals surface area (Å²) in [5.74, 6) is 2.14. The number of likely N-dealkylation sites (tertiary alicyclic amines) is 1. The lowest BCUT2D eigenvalue weighted by Gasteiger charge is -2.32. The highest BCUT2D eigenvalue weighted by atomic mass is 19.1. The van der Waals surface area contributed by atoms with Gasteiger partial charge in [0.2, 0.25) is 0 Å². The Labute approximate surface area is 193 Å². The molecule has 1 fully saturated rings. The van der Waals surface area contributed by atoms with Gasteiger partial charge in [0.05, 0.1) is 23.1 Å². The van der Waals surface area contributed by atoms with Gasteiger partial charge in [-0.05, 0) is 55.9 Å². The van der Waals surface area contributed by atoms with Crippen LogP contribution in [-0.2, 0) is 13.0 Å². The van der Waals surface area contributed by atoms with Gasteiger partial charge in [0, 0.05) is 32.0 Å². The van der Waals surface area contributed by atoms with E-state index in [0.29, 0.717) is 12.1 Å². The van der Waals surface area contributed by atoms with Gasteiger partial charge >= 0.3 is 0 Å². The topological polar surface area (TPSA) is 68.8 Å². The summed E-state index contributed by atoms with van der Waals surface area (Å²) in [6, 6.07) is 6.21. The SMILES string of the molecule is CC(C)c1c(C(=O)N2CCCC(c3nnc4n3CCCCC4)C2)cnn1-c1ccc(F)cc1. The Hall–Kier alpha value is -3.03. The molecule has 2 aromatic heterocycles. The average molecular weight is 451 g/mol. The van der Waals surface area contributed by atoms with Crippen molar-refractivity contribution in [2.24, 2.45) is 0 Å². The number of amides is 1. The normalized spacial score (nSPS) is 18.9. The van der Waals surface area contributed by atoms with Gasteiger partial charge in [-0.15, -0.1) is 10.2 Å². The van der Waals surface area contributed by atoms with Crippen molar-refractivity contribution in [3.8, 4) is 5.69 Å². The number of hydrogen-bond donors (Lipinski definition) is 0. The van der Waals surface area contributed by atoms with E-state index in [1.54, 1.807) is 23.0 Å². The maximum atomic E-state index is 13.7. The van der Waals surface area contributed by atoms with Gasteiger partial charge in [-0.2, -0.15) is 5.10 Å². The van der Waals surface area contributed by atoms with Gasteiger partial charge in [-0.1, -0.05) is 20.3 Å². The molecule has 2 aliphatic heterocycles. The van der Waals surface area contributed by atoms with Gasteiger partial charge < -0.3 is 9.47 Å². The van der Waals surface area contributed by atoms with E-state index >= 15 is 0 Å². The summed E-state index contributed by atoms with van der Waals surface area (Å²) in [6.07, 6.45) is 8.18. The number of benzene rings is 1. The van der Waals surface area contributed by atoms with Crippen LogP contribution in [0.4, 0.5) is 4.39 Å². The molecule has 0 spiro atoms. The highest BCUT2D eigenvalue weighted by molar-refractivity contribution is 5.95. The monoisotopic (exact) mass is 450 g/mol. The number of fused-ring (bicyclic) bond motifs is 1. The first-order valence-electron chi connectivity index (χ1n) is 12.1. The summed E-state index contributed by atoms with van der Waals surface area (Å²) in [5, 5.41) is 13.5. The minimum atomic E-state index is -0.293. The van der Waals surface area contributed by atoms with E-state index in [1.165, 1.54) is 25.0 Å². The third kappa shape index (κ3) is 4.18. The molecule has 1 atom stereocenters. The minimum Gasteiger partial charge on any atom is -0.338 e. The van der Waals surface area contributed by atoms with Crippen LogP contribution in [0.5, 0.6) is 0 Å². The van der Waals surface area contributed by atoms with Gasteiger partial charge in [0.1, 0.15) is 17.5 Å². The Bertz CT molecular complexity index is 1130. The van der Waals surface area contributed by atoms with Crippen LogP contribution in [0.3, 0.4) is 0 Å². The largest absolute Gasteiger partial charge is 0.338 e. The first-order chi connectivity index (χ1) is 16.0. The molecular weight excluding hydrogens is 419 g/mol. The van der Waals surface area contributed by atoms with Crippen molar-refractivity contribution in [1.82, 2.24) is 29.4 Å². The molecule has 4 heterocycles. The molecule has 5 rings (SSSR count). The zero-order valence-corrected chi connectivity index (χ0v) is 19.4. The highest BCUT2D eigenvalue weighted by Gasteiger charge is 2.32. The minimum absolute atomic E-state index is 0.00682. The quantitative estimate of drug-likeness (QED) is 0.588. The molecule has 1 amide bonds. The van der Waals surface area contributed by atoms with Crippen molar-refractivity contribution >= 4 is 5.91 Å². The van der Waals surface area contributed by atoms with Crippen LogP contribution in [0.1, 0.15) is 85.5 Å². The fourth-order valence-corrected chi connectivity index (χ4v) is 5.22. The third-order valence-corrected chi connectivity index (χ3v) is 6.87. The van der Waals surface area contributed by atoms with Crippen LogP contribution in [0, 0.1) is 5.82 Å². The fraction of sp³-hybridized carbons (Fsp3) is 0.520. The summed E-state index contributed by atoms with van der Waals surface area (Å²) in [5.41, 5.74) is 2.22. The number of hydrogen-bond acceptors (Lipinski definition) is 4. The number of rotatable bonds is 4. The molecule has 1 unspecified atom stereocenters. The van der Waals surface area contributed by atoms with E-state index < -0.39 is 0 Å². The van der Waals surface area contributed by atoms with Crippen LogP contribution >= 0.6 is 0 Å². The smallest absolute Gasteiger partial charge is 0.257 e. The van der Waals surface area contributed by atoms with Gasteiger partial charge in [0.25, 0.3) is 5.91 Å². The predicted octanol–water partition coefficient (Wildman–Crippen LogP) is 4.47. The molecule has 7 nitrogen and oxygen atoms in total. The van der Waals surface area contributed by atoms with Crippen molar-refractivity contribution in [2.75, 3.05) is 13.1 Å². The van der Waals surface area contributed by atoms with Crippen molar-refractivity contribution in [3.05, 3.63) is 59.2 Å². The van der Waals surface area contributed by atoms with E-state index in [4.69, 9.17) is 0 Å². The molecule has 0 aliphatic carbocycles. The van der Waals surface area contributed by atoms with Crippen LogP contribution in [0.2, 0.25) is 0 Å². The number of carbonyl (C=O) groups is 1. The van der Waals surface area contributed by atoms with Gasteiger partial charge in [-0.25, -0.2) is 9.07 Å². The third-order valence-electron chi connectivity index (χ3n) is 6.87. The summed E-state index contributed by atoms with van der Waals surface area (Å²) in [4.78, 5) is 15.6. The number of halogens is 1. The first kappa shape index (κ1) is 21.8. The second-order valence-corrected chi connectivity index (χ2v) is 9.51. The second kappa shape index (κ2) is 9.08. The summed E-state index contributed by atoms with van der Waals surface area (Å²) < 4.78 is 17.5. The van der Waals surface area contributed by atoms with Crippen LogP contribution in [0.25, 0.3) is 5.69 Å². The molecule has 0 saturated carbocycles. The molecule has 0 bridgehead atoms. The predicted molar refractivity (Wildman–Crippen MR) is 123 cm³/mol. The van der Waals surface area contributed by atoms with Gasteiger partial charge in [-0.3, -0.25) is 4.79 Å². The van der Waals surface area contributed by atoms with Crippen molar-refractivity contribution < 1.29 is 9.18 Å². The standard InChI is InChI=1S/C25H31FN6O/c1-17(2)23-21(15-27-32(23)20-11-9-19(26)10-12-20)25(33)30-13-6-7-18(16-30)24-29-28-22-8-4-3-5-14-31(22)24/h9-12,15,17-18H,3-8,13-14,16H2,1-2H3. The number of aromatic nitrogens is 5. The highest BCUT2D eigenvalue weighted by Crippen LogP contribution is 2.30. The maximum Gasteiger partial charge on any atom is 0.257 e. The molecule has 8 heteroatoms. The van der Waals surface area contributed by atoms with Crippen LogP contribution in [-0.4, -0.2) is 48.4 Å². The lowest BCUT2D eigenvalue weighted by Crippen LogP contribution is -2.40. The summed E-state index contributed by atoms with van der Waals surface area (Å²) in [7, 11) is 0. The van der Waals surface area contributed by atoms with Crippen LogP contribution in [0.15, 0.2) is 30.5 Å². The Morgan fingerprint density at radius 1 is 1.06 bits per heavy atom. The fourth-order valence-electron chi connectivity index (χ4n) is 5.22. The average Bonchev–Trinajstić information content (AvgIpc) is 3.37. The van der Waals surface area contributed by atoms with E-state index in [0.717, 1.165) is 61.8 Å². The van der Waals surface area contributed by atoms with Gasteiger partial charge in [0.15, 0.2) is 0 Å². The Morgan fingerprint density at radius 3 is 2.67 bits per heavy atom. The molecule has 1 aromatic carbocycles. The number of carbonyl (C=O) groups excluding carboxylic acids is 1. The van der Waals surface area contributed by atoms with Crippen molar-refractivity contribution in [1.29, 1.82) is 0 Å². The molecular formula is C25H31FN6O. The molecule has 1 saturated heterocycles. The van der Waals surface area contributed by atoms with Crippen molar-refractivity contribution in [2.45, 2.75) is 70.8 Å². The van der Waals surface area contributed by atoms with Crippen molar-refractivity contribution in [3.63, 3.8) is 0 Å². The Morgan fingerprint density at radius 2 is 1.88 bits per heavy atom. The van der Waals surface area contributed by atoms with Crippen LogP contribution < -0.4 is 0 Å². The molecule has 33 heavy (non-hydrogen) atoms. The zero-order chi connectivity index (χ0) is 22.9. The Balaban J connectivity index is 1.41. The first-order valence-corrected chi connectivity index (χ1v) is 12.1. The van der Waals surface area contributed by atoms with E-state index in [2.05, 4.69) is 33.7 Å². The lowest BCUT2D eigenvalue weighted by molar-refractivity contribution is 0.0701. The zero-order valence-electron chi connectivity index (χ0n) is 19.4. The Kier molecular flexibility index (Phi) is 6.00. The summed E-state index contributed by atoms with van der Waals surface area (Å²) >= 11 is 0. The molecule has 0 N–H and O–H groups in total. The summed E-state index contributed by atoms with van der Waals surface area (Å²) in [6.45, 7) is 6.46. The second-order valence-electron chi connectivity index (χ2n) is 9.51. The molecule has 2 aliphatic rings. The van der Waals surface area contributed by atoms with E-state index in [1.807, 2.05) is 4.90 Å². The molecule has 0 radical (unpaired) electrons. The van der Waals surface area contributed by atoms with E-state index in [9.17, 15) is 9.18 Å². The number of aryl methyl sites for hydroxylation is 1. The number of piperidine rings is 1. The van der Waals surface area contributed by atoms with E-state index in [-0.39, 0.29) is 23.6 Å².